The van der Waals surface area contributed by atoms with Crippen molar-refractivity contribution < 1.29 is 81.6 Å². The second kappa shape index (κ2) is 12.0. The third-order valence-corrected chi connectivity index (χ3v) is 15.0. The molecule has 2 spiro atoms. The molecular formula is C41H52O17. The Morgan fingerprint density at radius 3 is 2.14 bits per heavy atom. The van der Waals surface area contributed by atoms with Gasteiger partial charge in [0.05, 0.1) is 36.5 Å². The van der Waals surface area contributed by atoms with E-state index in [0.717, 1.165) is 13.8 Å². The van der Waals surface area contributed by atoms with Gasteiger partial charge in [0.2, 0.25) is 0 Å². The predicted octanol–water partition coefficient (Wildman–Crippen LogP) is 3.09. The summed E-state index contributed by atoms with van der Waals surface area (Å²) in [5.41, 5.74) is -14.8. The summed E-state index contributed by atoms with van der Waals surface area (Å²) in [6.07, 6.45) is -6.69. The standard InChI is InChI=1S/C41H52O17/c1-17(2)25(45)24-26-35(8,28(54-31(24)48)21-12-13-51-15-21)29(52-19(5)42)27(46)41-36(9)22(14-23(44)50-11)34(7)16-38(36)39(49,32(34)55-30(47)18(3)4)33(53-20(6)43)40(26,41)57-37(10,56-38)58-41/h12-13,15,17-18,22,26-29,32-33,45-46,49H,14,16H2,1-11H3/b25-24-/t22-,26+,27?,28-,29?,32-,33+,34+,35+,36+,37+,38+,39-,40+,41-/m0/s1. The lowest BCUT2D eigenvalue weighted by atomic mass is 9.32. The van der Waals surface area contributed by atoms with Gasteiger partial charge in [-0.05, 0) is 18.4 Å². The molecule has 3 N–H and O–H groups in total. The van der Waals surface area contributed by atoms with Crippen LogP contribution in [-0.4, -0.2) is 105 Å². The number of methoxy groups -OCH3 is 1. The van der Waals surface area contributed by atoms with Crippen LogP contribution in [0, 0.1) is 39.9 Å². The molecule has 4 heterocycles. The van der Waals surface area contributed by atoms with Crippen molar-refractivity contribution in [2.75, 3.05) is 7.11 Å². The van der Waals surface area contributed by atoms with Gasteiger partial charge in [0.1, 0.15) is 41.4 Å². The first-order valence-electron chi connectivity index (χ1n) is 19.6. The zero-order valence-corrected chi connectivity index (χ0v) is 34.4. The predicted molar refractivity (Wildman–Crippen MR) is 191 cm³/mol. The number of fused-ring (bicyclic) bond motifs is 3. The number of aliphatic hydroxyl groups excluding tert-OH is 2. The summed E-state index contributed by atoms with van der Waals surface area (Å²) in [4.78, 5) is 69.2. The van der Waals surface area contributed by atoms with E-state index in [-0.39, 0.29) is 12.0 Å². The van der Waals surface area contributed by atoms with Gasteiger partial charge in [-0.1, -0.05) is 48.5 Å². The Labute approximate surface area is 334 Å². The number of cyclic esters (lactones) is 1. The van der Waals surface area contributed by atoms with Crippen LogP contribution in [0.25, 0.3) is 0 Å². The first-order chi connectivity index (χ1) is 26.9. The van der Waals surface area contributed by atoms with Gasteiger partial charge in [-0.3, -0.25) is 19.2 Å². The van der Waals surface area contributed by atoms with Crippen molar-refractivity contribution in [1.29, 1.82) is 0 Å². The molecule has 0 amide bonds. The van der Waals surface area contributed by atoms with E-state index in [1.54, 1.807) is 48.5 Å². The van der Waals surface area contributed by atoms with E-state index >= 15 is 0 Å². The zero-order valence-electron chi connectivity index (χ0n) is 34.4. The molecule has 1 aromatic rings. The Bertz CT molecular complexity index is 2030. The topological polar surface area (TPSA) is 233 Å². The van der Waals surface area contributed by atoms with Crippen molar-refractivity contribution in [3.8, 4) is 0 Å². The number of rotatable bonds is 8. The molecule has 3 aliphatic heterocycles. The van der Waals surface area contributed by atoms with Crippen LogP contribution in [0.5, 0.6) is 0 Å². The van der Waals surface area contributed by atoms with Crippen LogP contribution >= 0.6 is 0 Å². The Balaban J connectivity index is 1.59. The van der Waals surface area contributed by atoms with Crippen molar-refractivity contribution in [3.05, 3.63) is 35.5 Å². The molecule has 0 radical (unpaired) electrons. The second-order valence-corrected chi connectivity index (χ2v) is 18.6. The zero-order chi connectivity index (χ0) is 42.7. The number of aliphatic hydroxyl groups is 3. The SMILES string of the molecule is COC(=O)C[C@H]1[C@@]2(C)C[C@@]34O[C@]5(C)O[C@]6([C@@H]7/C(=C(/O)C(C)C)C(=O)O[C@@H](c8ccoc8)[C@]7(C)C(OC(C)=O)C(O)[C@]6(O5)[C@]13C)[C@H](OC(C)=O)[C@@]4(O)[C@H]2OC(=O)C(C)C. The molecule has 318 valence electrons. The smallest absolute Gasteiger partial charge is 0.338 e. The number of ether oxygens (including phenoxy) is 8. The van der Waals surface area contributed by atoms with Gasteiger partial charge in [0, 0.05) is 55.4 Å². The highest BCUT2D eigenvalue weighted by Gasteiger charge is 3.06. The van der Waals surface area contributed by atoms with E-state index in [4.69, 9.17) is 42.3 Å². The van der Waals surface area contributed by atoms with Gasteiger partial charge in [-0.15, -0.1) is 0 Å². The molecule has 15 atom stereocenters. The van der Waals surface area contributed by atoms with Gasteiger partial charge in [-0.2, -0.15) is 0 Å². The van der Waals surface area contributed by atoms with Crippen molar-refractivity contribution >= 4 is 29.8 Å². The van der Waals surface area contributed by atoms with Crippen LogP contribution in [0.2, 0.25) is 0 Å². The van der Waals surface area contributed by atoms with Crippen LogP contribution in [0.15, 0.2) is 34.3 Å². The van der Waals surface area contributed by atoms with E-state index in [1.807, 2.05) is 0 Å². The average molecular weight is 817 g/mol. The molecule has 0 aromatic carbocycles. The number of furan rings is 1. The van der Waals surface area contributed by atoms with Crippen LogP contribution in [0.1, 0.15) is 93.7 Å². The Hall–Kier alpha value is -4.03. The quantitative estimate of drug-likeness (QED) is 0.148. The molecule has 4 aliphatic carbocycles. The highest BCUT2D eigenvalue weighted by molar-refractivity contribution is 5.92. The molecular weight excluding hydrogens is 764 g/mol. The molecule has 4 bridgehead atoms. The minimum absolute atomic E-state index is 0.158. The molecule has 2 unspecified atom stereocenters. The number of allylic oxidation sites excluding steroid dienone is 1. The molecule has 7 fully saturated rings. The Morgan fingerprint density at radius 1 is 0.931 bits per heavy atom. The van der Waals surface area contributed by atoms with Crippen molar-refractivity contribution in [1.82, 2.24) is 0 Å². The fourth-order valence-corrected chi connectivity index (χ4v) is 13.4. The van der Waals surface area contributed by atoms with E-state index in [0.29, 0.717) is 0 Å². The average Bonchev–Trinajstić information content (AvgIpc) is 3.83. The van der Waals surface area contributed by atoms with Gasteiger partial charge < -0.3 is 57.6 Å². The summed E-state index contributed by atoms with van der Waals surface area (Å²) in [6.45, 7) is 15.0. The third-order valence-electron chi connectivity index (χ3n) is 15.0. The molecule has 3 saturated heterocycles. The normalized spacial score (nSPS) is 48.6. The lowest BCUT2D eigenvalue weighted by Gasteiger charge is -2.78. The number of hydrogen-bond donors (Lipinski definition) is 3. The number of carbonyl (C=O) groups is 5. The number of carbonyl (C=O) groups excluding carboxylic acids is 5. The van der Waals surface area contributed by atoms with Gasteiger partial charge in [-0.25, -0.2) is 4.79 Å². The first kappa shape index (κ1) is 40.7. The molecule has 7 aliphatic rings. The van der Waals surface area contributed by atoms with Crippen molar-refractivity contribution in [2.45, 2.75) is 141 Å². The van der Waals surface area contributed by atoms with Crippen LogP contribution in [0.4, 0.5) is 0 Å². The minimum atomic E-state index is -2.59. The second-order valence-electron chi connectivity index (χ2n) is 18.6. The van der Waals surface area contributed by atoms with Crippen LogP contribution in [0.3, 0.4) is 0 Å². The largest absolute Gasteiger partial charge is 0.511 e. The summed E-state index contributed by atoms with van der Waals surface area (Å²) >= 11 is 0. The van der Waals surface area contributed by atoms with Gasteiger partial charge in [0.15, 0.2) is 17.3 Å². The maximum atomic E-state index is 14.8. The van der Waals surface area contributed by atoms with Gasteiger partial charge in [0.25, 0.3) is 5.97 Å². The monoisotopic (exact) mass is 816 g/mol. The van der Waals surface area contributed by atoms with Crippen molar-refractivity contribution in [3.63, 3.8) is 0 Å². The summed E-state index contributed by atoms with van der Waals surface area (Å²) in [7, 11) is 1.20. The molecule has 17 heteroatoms. The highest BCUT2D eigenvalue weighted by Crippen LogP contribution is 2.90. The number of hydrogen-bond acceptors (Lipinski definition) is 17. The van der Waals surface area contributed by atoms with Crippen molar-refractivity contribution in [2.24, 2.45) is 39.9 Å². The third kappa shape index (κ3) is 4.22. The van der Waals surface area contributed by atoms with E-state index in [1.165, 1.54) is 32.6 Å². The fraction of sp³-hybridized carbons (Fsp3) is 0.732. The fourth-order valence-electron chi connectivity index (χ4n) is 13.4. The first-order valence-corrected chi connectivity index (χ1v) is 19.6. The molecule has 17 nitrogen and oxygen atoms in total. The lowest BCUT2D eigenvalue weighted by Crippen LogP contribution is -2.97. The van der Waals surface area contributed by atoms with E-state index in [9.17, 15) is 39.3 Å². The van der Waals surface area contributed by atoms with E-state index < -0.39 is 146 Å². The van der Waals surface area contributed by atoms with E-state index in [2.05, 4.69) is 0 Å². The maximum Gasteiger partial charge on any atom is 0.338 e. The maximum absolute atomic E-state index is 14.8. The van der Waals surface area contributed by atoms with Crippen LogP contribution in [-0.2, 0) is 61.9 Å². The Kier molecular flexibility index (Phi) is 8.46. The summed E-state index contributed by atoms with van der Waals surface area (Å²) in [5, 5.41) is 39.8. The lowest BCUT2D eigenvalue weighted by molar-refractivity contribution is -0.491. The molecule has 4 saturated carbocycles. The molecule has 58 heavy (non-hydrogen) atoms. The van der Waals surface area contributed by atoms with Crippen LogP contribution < -0.4 is 0 Å². The Morgan fingerprint density at radius 2 is 1.59 bits per heavy atom. The highest BCUT2D eigenvalue weighted by atomic mass is 16.9. The summed E-state index contributed by atoms with van der Waals surface area (Å²) < 4.78 is 56.9. The summed E-state index contributed by atoms with van der Waals surface area (Å²) in [5.74, 6) is -11.3. The molecule has 1 aromatic heterocycles. The minimum Gasteiger partial charge on any atom is -0.511 e. The summed E-state index contributed by atoms with van der Waals surface area (Å²) in [6, 6.07) is 1.51. The number of esters is 5. The van der Waals surface area contributed by atoms with Gasteiger partial charge >= 0.3 is 29.8 Å². The molecule has 8 rings (SSSR count).